The van der Waals surface area contributed by atoms with Gasteiger partial charge in [0.1, 0.15) is 6.10 Å². The first kappa shape index (κ1) is 16.9. The Hall–Kier alpha value is -0.440. The number of hydrogen-bond acceptors (Lipinski definition) is 4. The maximum Gasteiger partial charge on any atom is 0.241 e. The Kier molecular flexibility index (Phi) is 5.81. The lowest BCUT2D eigenvalue weighted by Gasteiger charge is -2.15. The van der Waals surface area contributed by atoms with Gasteiger partial charge < -0.3 is 4.74 Å². The molecule has 0 spiro atoms. The fourth-order valence-corrected chi connectivity index (χ4v) is 4.90. The van der Waals surface area contributed by atoms with E-state index < -0.39 is 10.0 Å². The number of ether oxygens (including phenoxy) is 1. The maximum absolute atomic E-state index is 12.3. The summed E-state index contributed by atoms with van der Waals surface area (Å²) in [6.45, 7) is 0.136. The Balaban J connectivity index is 2.12. The van der Waals surface area contributed by atoms with E-state index in [2.05, 4.69) is 20.7 Å². The molecule has 1 aromatic heterocycles. The predicted octanol–water partition coefficient (Wildman–Crippen LogP) is 3.83. The van der Waals surface area contributed by atoms with Crippen LogP contribution in [0.1, 0.15) is 11.0 Å². The maximum atomic E-state index is 12.3. The third-order valence-corrected chi connectivity index (χ3v) is 6.54. The van der Waals surface area contributed by atoms with Crippen molar-refractivity contribution in [2.45, 2.75) is 11.0 Å². The van der Waals surface area contributed by atoms with Gasteiger partial charge in [-0.3, -0.25) is 0 Å². The Morgan fingerprint density at radius 1 is 1.33 bits per heavy atom. The highest BCUT2D eigenvalue weighted by Gasteiger charge is 2.20. The van der Waals surface area contributed by atoms with Crippen LogP contribution in [-0.4, -0.2) is 22.1 Å². The van der Waals surface area contributed by atoms with Crippen LogP contribution in [0.15, 0.2) is 45.8 Å². The molecule has 2 aromatic rings. The number of rotatable bonds is 6. The molecule has 8 heteroatoms. The van der Waals surface area contributed by atoms with Crippen molar-refractivity contribution in [3.05, 3.63) is 50.1 Å². The fraction of sp³-hybridized carbons (Fsp3) is 0.231. The van der Waals surface area contributed by atoms with Crippen molar-refractivity contribution in [1.82, 2.24) is 4.72 Å². The predicted molar refractivity (Wildman–Crippen MR) is 88.4 cm³/mol. The second-order valence-corrected chi connectivity index (χ2v) is 8.48. The van der Waals surface area contributed by atoms with E-state index in [1.807, 2.05) is 6.07 Å². The molecule has 1 atom stereocenters. The minimum absolute atomic E-state index is 0.136. The van der Waals surface area contributed by atoms with Crippen LogP contribution < -0.4 is 4.72 Å². The van der Waals surface area contributed by atoms with Crippen LogP contribution in [0.25, 0.3) is 0 Å². The number of hydrogen-bond donors (Lipinski definition) is 1. The standard InChI is InChI=1S/C13H13BrClNO3S2/c1-19-10(11-6-7-13(15)20-11)8-16-21(17,18)12-5-3-2-4-9(12)14/h2-7,10,16H,8H2,1H3. The van der Waals surface area contributed by atoms with Gasteiger partial charge in [0, 0.05) is 23.0 Å². The number of thiophene rings is 1. The number of sulfonamides is 1. The van der Waals surface area contributed by atoms with Crippen molar-refractivity contribution in [3.8, 4) is 0 Å². The average Bonchev–Trinajstić information content (AvgIpc) is 2.86. The van der Waals surface area contributed by atoms with Gasteiger partial charge in [0.2, 0.25) is 10.0 Å². The highest BCUT2D eigenvalue weighted by Crippen LogP contribution is 2.29. The Morgan fingerprint density at radius 3 is 2.62 bits per heavy atom. The van der Waals surface area contributed by atoms with Gasteiger partial charge in [0.25, 0.3) is 0 Å². The van der Waals surface area contributed by atoms with E-state index in [1.54, 1.807) is 24.3 Å². The summed E-state index contributed by atoms with van der Waals surface area (Å²) in [6.07, 6.45) is -0.375. The van der Waals surface area contributed by atoms with E-state index in [-0.39, 0.29) is 17.5 Å². The van der Waals surface area contributed by atoms with Gasteiger partial charge in [0.15, 0.2) is 0 Å². The molecule has 0 amide bonds. The smallest absolute Gasteiger partial charge is 0.241 e. The normalized spacial score (nSPS) is 13.3. The first-order valence-corrected chi connectivity index (χ1v) is 9.43. The van der Waals surface area contributed by atoms with E-state index in [4.69, 9.17) is 16.3 Å². The summed E-state index contributed by atoms with van der Waals surface area (Å²) < 4.78 is 33.6. The molecular formula is C13H13BrClNO3S2. The monoisotopic (exact) mass is 409 g/mol. The summed E-state index contributed by atoms with van der Waals surface area (Å²) in [5, 5.41) is 0. The topological polar surface area (TPSA) is 55.4 Å². The first-order chi connectivity index (χ1) is 9.94. The van der Waals surface area contributed by atoms with Gasteiger partial charge in [-0.15, -0.1) is 11.3 Å². The van der Waals surface area contributed by atoms with E-state index in [1.165, 1.54) is 24.5 Å². The molecule has 0 aliphatic rings. The largest absolute Gasteiger partial charge is 0.375 e. The summed E-state index contributed by atoms with van der Waals surface area (Å²) in [5.41, 5.74) is 0. The van der Waals surface area contributed by atoms with Crippen LogP contribution in [0, 0.1) is 0 Å². The summed E-state index contributed by atoms with van der Waals surface area (Å²) in [6, 6.07) is 10.2. The van der Waals surface area contributed by atoms with Gasteiger partial charge in [-0.25, -0.2) is 13.1 Å². The summed E-state index contributed by atoms with van der Waals surface area (Å²) >= 11 is 10.5. The second kappa shape index (κ2) is 7.21. The molecule has 0 bridgehead atoms. The minimum Gasteiger partial charge on any atom is -0.375 e. The lowest BCUT2D eigenvalue weighted by molar-refractivity contribution is 0.110. The second-order valence-electron chi connectivity index (χ2n) is 4.15. The van der Waals surface area contributed by atoms with Crippen molar-refractivity contribution in [1.29, 1.82) is 0 Å². The molecule has 1 N–H and O–H groups in total. The molecule has 0 aliphatic heterocycles. The zero-order valence-corrected chi connectivity index (χ0v) is 15.0. The number of methoxy groups -OCH3 is 1. The molecule has 0 saturated carbocycles. The molecule has 0 saturated heterocycles. The van der Waals surface area contributed by atoms with Crippen LogP contribution >= 0.6 is 38.9 Å². The van der Waals surface area contributed by atoms with Gasteiger partial charge in [0.05, 0.1) is 9.23 Å². The van der Waals surface area contributed by atoms with Crippen LogP contribution in [0.5, 0.6) is 0 Å². The third-order valence-electron chi connectivity index (χ3n) is 2.78. The quantitative estimate of drug-likeness (QED) is 0.787. The third kappa shape index (κ3) is 4.28. The van der Waals surface area contributed by atoms with Crippen LogP contribution in [0.2, 0.25) is 4.34 Å². The number of benzene rings is 1. The van der Waals surface area contributed by atoms with Crippen molar-refractivity contribution in [3.63, 3.8) is 0 Å². The summed E-state index contributed by atoms with van der Waals surface area (Å²) in [7, 11) is -2.07. The van der Waals surface area contributed by atoms with Gasteiger partial charge >= 0.3 is 0 Å². The molecular weight excluding hydrogens is 398 g/mol. The Labute approximate surface area is 141 Å². The molecule has 4 nitrogen and oxygen atoms in total. The highest BCUT2D eigenvalue weighted by molar-refractivity contribution is 9.10. The lowest BCUT2D eigenvalue weighted by Crippen LogP contribution is -2.29. The molecule has 1 aromatic carbocycles. The van der Waals surface area contributed by atoms with Gasteiger partial charge in [-0.05, 0) is 40.2 Å². The Bertz CT molecular complexity index is 718. The van der Waals surface area contributed by atoms with E-state index >= 15 is 0 Å². The molecule has 0 fully saturated rings. The van der Waals surface area contributed by atoms with Gasteiger partial charge in [-0.2, -0.15) is 0 Å². The number of nitrogens with one attached hydrogen (secondary N) is 1. The molecule has 0 radical (unpaired) electrons. The Morgan fingerprint density at radius 2 is 2.05 bits per heavy atom. The van der Waals surface area contributed by atoms with Gasteiger partial charge in [-0.1, -0.05) is 23.7 Å². The van der Waals surface area contributed by atoms with E-state index in [0.717, 1.165) is 4.88 Å². The van der Waals surface area contributed by atoms with E-state index in [9.17, 15) is 8.42 Å². The van der Waals surface area contributed by atoms with Crippen molar-refractivity contribution in [2.24, 2.45) is 0 Å². The summed E-state index contributed by atoms with van der Waals surface area (Å²) in [4.78, 5) is 1.07. The molecule has 0 aliphatic carbocycles. The van der Waals surface area contributed by atoms with E-state index in [0.29, 0.717) is 8.81 Å². The fourth-order valence-electron chi connectivity index (χ4n) is 1.73. The number of halogens is 2. The molecule has 21 heavy (non-hydrogen) atoms. The van der Waals surface area contributed by atoms with Crippen molar-refractivity contribution in [2.75, 3.05) is 13.7 Å². The molecule has 2 rings (SSSR count). The molecule has 1 heterocycles. The van der Waals surface area contributed by atoms with Crippen LogP contribution in [-0.2, 0) is 14.8 Å². The first-order valence-electron chi connectivity index (χ1n) is 5.96. The zero-order valence-electron chi connectivity index (χ0n) is 11.0. The van der Waals surface area contributed by atoms with Crippen LogP contribution in [0.4, 0.5) is 0 Å². The SMILES string of the molecule is COC(CNS(=O)(=O)c1ccccc1Br)c1ccc(Cl)s1. The molecule has 1 unspecified atom stereocenters. The average molecular weight is 411 g/mol. The van der Waals surface area contributed by atoms with Crippen molar-refractivity contribution < 1.29 is 13.2 Å². The van der Waals surface area contributed by atoms with Crippen LogP contribution in [0.3, 0.4) is 0 Å². The lowest BCUT2D eigenvalue weighted by atomic mass is 10.3. The minimum atomic E-state index is -3.60. The highest BCUT2D eigenvalue weighted by atomic mass is 79.9. The summed E-state index contributed by atoms with van der Waals surface area (Å²) in [5.74, 6) is 0. The molecule has 114 valence electrons. The zero-order chi connectivity index (χ0) is 15.5. The van der Waals surface area contributed by atoms with Crippen molar-refractivity contribution >= 4 is 48.9 Å².